The average Bonchev–Trinajstić information content (AvgIpc) is 3.16. The predicted octanol–water partition coefficient (Wildman–Crippen LogP) is 5.95. The van der Waals surface area contributed by atoms with E-state index in [0.29, 0.717) is 30.6 Å². The zero-order chi connectivity index (χ0) is 24.1. The van der Waals surface area contributed by atoms with Crippen LogP contribution in [0.3, 0.4) is 0 Å². The highest BCUT2D eigenvalue weighted by atomic mass is 16.5. The summed E-state index contributed by atoms with van der Waals surface area (Å²) < 4.78 is 11.9. The van der Waals surface area contributed by atoms with Gasteiger partial charge in [-0.2, -0.15) is 0 Å². The molecular formula is C29H37NO4. The third kappa shape index (κ3) is 3.27. The van der Waals surface area contributed by atoms with E-state index in [0.717, 1.165) is 55.2 Å². The van der Waals surface area contributed by atoms with Crippen molar-refractivity contribution in [3.63, 3.8) is 0 Å². The molecule has 0 unspecified atom stereocenters. The normalized spacial score (nSPS) is 33.6. The van der Waals surface area contributed by atoms with Gasteiger partial charge >= 0.3 is 0 Å². The minimum Gasteiger partial charge on any atom is -0.411 e. The molecule has 4 atom stereocenters. The van der Waals surface area contributed by atoms with Crippen LogP contribution in [0.5, 0.6) is 0 Å². The van der Waals surface area contributed by atoms with Crippen molar-refractivity contribution in [3.8, 4) is 0 Å². The molecule has 0 heterocycles. The van der Waals surface area contributed by atoms with Crippen molar-refractivity contribution in [1.29, 1.82) is 0 Å². The lowest BCUT2D eigenvalue weighted by molar-refractivity contribution is -0.147. The minimum atomic E-state index is -0.202. The number of oxime groups is 1. The van der Waals surface area contributed by atoms with Crippen LogP contribution in [0.15, 0.2) is 46.1 Å². The highest BCUT2D eigenvalue weighted by Crippen LogP contribution is 2.64. The summed E-state index contributed by atoms with van der Waals surface area (Å²) in [6, 6.07) is 7.87. The fourth-order valence-corrected chi connectivity index (χ4v) is 7.97. The van der Waals surface area contributed by atoms with E-state index in [2.05, 4.69) is 12.1 Å². The SMILES string of the molecule is COC[C@]1(OC)CC[C@H]2[C@@H]3CCC4=C(c5ccccc5/C(C)=N\O)C(=O)CCC4=C3CC[C@@]21C. The van der Waals surface area contributed by atoms with Gasteiger partial charge in [0.2, 0.25) is 0 Å². The van der Waals surface area contributed by atoms with Crippen LogP contribution in [0, 0.1) is 17.3 Å². The predicted molar refractivity (Wildman–Crippen MR) is 133 cm³/mol. The quantitative estimate of drug-likeness (QED) is 0.333. The summed E-state index contributed by atoms with van der Waals surface area (Å²) in [6.07, 6.45) is 7.85. The van der Waals surface area contributed by atoms with E-state index in [1.165, 1.54) is 17.6 Å². The number of benzene rings is 1. The van der Waals surface area contributed by atoms with Gasteiger partial charge in [-0.25, -0.2) is 0 Å². The Balaban J connectivity index is 1.60. The maximum absolute atomic E-state index is 13.3. The molecule has 0 aromatic heterocycles. The Morgan fingerprint density at radius 3 is 2.62 bits per heavy atom. The van der Waals surface area contributed by atoms with Crippen molar-refractivity contribution < 1.29 is 19.5 Å². The molecule has 1 N–H and O–H groups in total. The lowest BCUT2D eigenvalue weighted by Gasteiger charge is -2.53. The van der Waals surface area contributed by atoms with Crippen LogP contribution in [0.4, 0.5) is 0 Å². The molecule has 0 spiro atoms. The van der Waals surface area contributed by atoms with Crippen LogP contribution in [0.2, 0.25) is 0 Å². The highest BCUT2D eigenvalue weighted by molar-refractivity contribution is 6.25. The van der Waals surface area contributed by atoms with Gasteiger partial charge < -0.3 is 14.7 Å². The summed E-state index contributed by atoms with van der Waals surface area (Å²) in [7, 11) is 3.64. The summed E-state index contributed by atoms with van der Waals surface area (Å²) in [4.78, 5) is 13.3. The summed E-state index contributed by atoms with van der Waals surface area (Å²) >= 11 is 0. The first kappa shape index (κ1) is 23.5. The van der Waals surface area contributed by atoms with E-state index < -0.39 is 0 Å². The molecule has 1 aromatic rings. The fourth-order valence-electron chi connectivity index (χ4n) is 7.97. The first-order chi connectivity index (χ1) is 16.4. The Labute approximate surface area is 202 Å². The number of allylic oxidation sites excluding steroid dienone is 4. The molecule has 34 heavy (non-hydrogen) atoms. The third-order valence-corrected chi connectivity index (χ3v) is 9.71. The lowest BCUT2D eigenvalue weighted by atomic mass is 9.54. The number of carbonyl (C=O) groups is 1. The molecule has 2 fully saturated rings. The summed E-state index contributed by atoms with van der Waals surface area (Å²) in [6.45, 7) is 4.88. The molecule has 0 saturated heterocycles. The topological polar surface area (TPSA) is 68.1 Å². The van der Waals surface area contributed by atoms with Crippen LogP contribution >= 0.6 is 0 Å². The van der Waals surface area contributed by atoms with Gasteiger partial charge in [-0.1, -0.05) is 41.9 Å². The van der Waals surface area contributed by atoms with E-state index in [1.807, 2.05) is 31.4 Å². The highest BCUT2D eigenvalue weighted by Gasteiger charge is 2.61. The van der Waals surface area contributed by atoms with Crippen molar-refractivity contribution in [3.05, 3.63) is 52.1 Å². The number of nitrogens with zero attached hydrogens (tertiary/aromatic N) is 1. The van der Waals surface area contributed by atoms with Gasteiger partial charge in [-0.3, -0.25) is 4.79 Å². The number of Topliss-reactive ketones (excluding diaryl/α,β-unsaturated/α-hetero) is 1. The molecule has 5 rings (SSSR count). The first-order valence-electron chi connectivity index (χ1n) is 12.7. The molecule has 2 saturated carbocycles. The van der Waals surface area contributed by atoms with Crippen molar-refractivity contribution in [2.45, 2.75) is 70.8 Å². The molecule has 4 aliphatic rings. The molecule has 182 valence electrons. The number of ketones is 1. The molecule has 0 bridgehead atoms. The van der Waals surface area contributed by atoms with E-state index in [4.69, 9.17) is 9.47 Å². The van der Waals surface area contributed by atoms with Crippen LogP contribution in [0.25, 0.3) is 5.57 Å². The van der Waals surface area contributed by atoms with Gasteiger partial charge in [-0.15, -0.1) is 0 Å². The number of fused-ring (bicyclic) bond motifs is 4. The van der Waals surface area contributed by atoms with E-state index in [9.17, 15) is 10.0 Å². The second-order valence-corrected chi connectivity index (χ2v) is 10.9. The van der Waals surface area contributed by atoms with Crippen LogP contribution in [-0.2, 0) is 14.3 Å². The fraction of sp³-hybridized carbons (Fsp3) is 0.586. The Bertz CT molecular complexity index is 1100. The molecular weight excluding hydrogens is 426 g/mol. The zero-order valence-electron chi connectivity index (χ0n) is 20.9. The van der Waals surface area contributed by atoms with Crippen molar-refractivity contribution >= 4 is 17.1 Å². The van der Waals surface area contributed by atoms with Gasteiger partial charge in [0.15, 0.2) is 5.78 Å². The molecule has 5 heteroatoms. The van der Waals surface area contributed by atoms with Gasteiger partial charge in [0.25, 0.3) is 0 Å². The van der Waals surface area contributed by atoms with Crippen LogP contribution < -0.4 is 0 Å². The Hall–Kier alpha value is -2.24. The number of rotatable bonds is 5. The number of carbonyl (C=O) groups excluding carboxylic acids is 1. The van der Waals surface area contributed by atoms with Gasteiger partial charge in [0.05, 0.1) is 17.9 Å². The molecule has 1 aromatic carbocycles. The molecule has 0 aliphatic heterocycles. The number of ether oxygens (including phenoxy) is 2. The van der Waals surface area contributed by atoms with E-state index in [1.54, 1.807) is 19.6 Å². The summed E-state index contributed by atoms with van der Waals surface area (Å²) in [5.74, 6) is 1.38. The Morgan fingerprint density at radius 1 is 1.09 bits per heavy atom. The maximum atomic E-state index is 13.3. The van der Waals surface area contributed by atoms with E-state index >= 15 is 0 Å². The van der Waals surface area contributed by atoms with Crippen LogP contribution in [0.1, 0.15) is 76.3 Å². The first-order valence-corrected chi connectivity index (χ1v) is 12.7. The average molecular weight is 464 g/mol. The number of hydrogen-bond acceptors (Lipinski definition) is 5. The van der Waals surface area contributed by atoms with Gasteiger partial charge in [-0.05, 0) is 80.4 Å². The third-order valence-electron chi connectivity index (χ3n) is 9.71. The second kappa shape index (κ2) is 8.76. The largest absolute Gasteiger partial charge is 0.411 e. The zero-order valence-corrected chi connectivity index (χ0v) is 20.9. The molecule has 5 nitrogen and oxygen atoms in total. The Morgan fingerprint density at radius 2 is 1.88 bits per heavy atom. The summed E-state index contributed by atoms with van der Waals surface area (Å²) in [5.41, 5.74) is 7.35. The maximum Gasteiger partial charge on any atom is 0.164 e. The number of methoxy groups -OCH3 is 2. The summed E-state index contributed by atoms with van der Waals surface area (Å²) in [5, 5.41) is 12.9. The monoisotopic (exact) mass is 463 g/mol. The van der Waals surface area contributed by atoms with Crippen molar-refractivity contribution in [1.82, 2.24) is 0 Å². The minimum absolute atomic E-state index is 0.113. The van der Waals surface area contributed by atoms with E-state index in [-0.39, 0.29) is 16.8 Å². The molecule has 4 aliphatic carbocycles. The molecule has 0 radical (unpaired) electrons. The lowest BCUT2D eigenvalue weighted by Crippen LogP contribution is -2.53. The molecule has 0 amide bonds. The van der Waals surface area contributed by atoms with Crippen LogP contribution in [-0.4, -0.2) is 43.1 Å². The van der Waals surface area contributed by atoms with Crippen molar-refractivity contribution in [2.75, 3.05) is 20.8 Å². The number of hydrogen-bond donors (Lipinski definition) is 1. The van der Waals surface area contributed by atoms with Gasteiger partial charge in [0, 0.05) is 37.2 Å². The standard InChI is InChI=1S/C29H37NO4/c1-18(30-32)19-7-5-6-8-23(19)27-24-10-9-22-21(20(24)11-12-26(27)31)13-15-28(2)25(22)14-16-29(28,34-4)17-33-3/h5-8,22,25,32H,9-17H2,1-4H3/b30-18-/t22-,25+,28+,29-/m1/s1. The smallest absolute Gasteiger partial charge is 0.164 e. The van der Waals surface area contributed by atoms with Crippen molar-refractivity contribution in [2.24, 2.45) is 22.4 Å². The Kier molecular flexibility index (Phi) is 6.06. The second-order valence-electron chi connectivity index (χ2n) is 10.9. The van der Waals surface area contributed by atoms with Gasteiger partial charge in [0.1, 0.15) is 0 Å².